The zero-order valence-electron chi connectivity index (χ0n) is 49.9. The molecular weight excluding hydrogens is 961 g/mol. The number of hydrogen-bond donors (Lipinski definition) is 0. The highest BCUT2D eigenvalue weighted by Gasteiger charge is 2.35. The van der Waals surface area contributed by atoms with Crippen LogP contribution in [0.25, 0.3) is 0 Å². The lowest BCUT2D eigenvalue weighted by Gasteiger charge is -2.31. The normalized spacial score (nSPS) is 13.3. The summed E-state index contributed by atoms with van der Waals surface area (Å²) >= 11 is 1.11. The molecule has 0 N–H and O–H groups in total. The molecule has 0 rings (SSSR count). The van der Waals surface area contributed by atoms with Gasteiger partial charge in [0, 0.05) is 37.1 Å². The van der Waals surface area contributed by atoms with Crippen molar-refractivity contribution >= 4 is 52.6 Å². The highest BCUT2D eigenvalue weighted by molar-refractivity contribution is 8.13. The van der Waals surface area contributed by atoms with Crippen molar-refractivity contribution in [3.8, 4) is 0 Å². The number of esters is 5. The Morgan fingerprint density at radius 3 is 1.05 bits per heavy atom. The molecule has 0 aromatic heterocycles. The second-order valence-corrected chi connectivity index (χ2v) is 26.5. The van der Waals surface area contributed by atoms with Gasteiger partial charge in [0.25, 0.3) is 5.24 Å². The number of carbonyl (C=O) groups excluding carboxylic acids is 7. The van der Waals surface area contributed by atoms with Gasteiger partial charge in [0.1, 0.15) is 25.6 Å². The minimum absolute atomic E-state index is 0.0237. The predicted octanol–water partition coefficient (Wildman–Crippen LogP) is 13.4. The van der Waals surface area contributed by atoms with Gasteiger partial charge in [0.05, 0.1) is 50.7 Å². The highest BCUT2D eigenvalue weighted by Crippen LogP contribution is 2.34. The molecule has 74 heavy (non-hydrogen) atoms. The summed E-state index contributed by atoms with van der Waals surface area (Å²) in [7, 11) is 3.91. The van der Waals surface area contributed by atoms with Crippen LogP contribution in [0.2, 0.25) is 0 Å². The first-order valence-corrected chi connectivity index (χ1v) is 29.2. The molecule has 0 bridgehead atoms. The van der Waals surface area contributed by atoms with E-state index in [9.17, 15) is 33.6 Å². The van der Waals surface area contributed by atoms with E-state index in [-0.39, 0.29) is 135 Å². The van der Waals surface area contributed by atoms with Crippen LogP contribution in [-0.4, -0.2) is 123 Å². The number of Topliss-reactive ketones (excluding diaryl/α,β-unsaturated/α-hetero) is 1. The van der Waals surface area contributed by atoms with Crippen LogP contribution in [0.3, 0.4) is 0 Å². The molecule has 1 amide bonds. The number of unbranched alkanes of at least 4 members (excludes halogenated alkanes) is 4. The molecule has 0 aliphatic heterocycles. The van der Waals surface area contributed by atoms with Gasteiger partial charge in [-0.1, -0.05) is 153 Å². The van der Waals surface area contributed by atoms with E-state index < -0.39 is 22.8 Å². The Morgan fingerprint density at radius 2 is 0.716 bits per heavy atom. The van der Waals surface area contributed by atoms with Gasteiger partial charge in [-0.2, -0.15) is 0 Å². The average Bonchev–Trinajstić information content (AvgIpc) is 3.31. The number of thioether (sulfide) groups is 1. The quantitative estimate of drug-likeness (QED) is 0.0321. The SMILES string of the molecule is CCCCC(C)(C)CC(=O)CCC(C)(COC(=O)CCN(CCC(=O)OCC(C)(COC(=O)CC(C)(C)CCCC)COC(=O)CC(C)(C)CCCC)C(=O)SCCCN(C)C)COC(=O)CC(C)(C)CCCC. The number of rotatable bonds is 43. The fraction of sp³-hybridized carbons (Fsp3) is 0.881. The Bertz CT molecular complexity index is 1490. The molecule has 1 unspecified atom stereocenters. The molecule has 1 atom stereocenters. The lowest BCUT2D eigenvalue weighted by atomic mass is 9.79. The fourth-order valence-electron chi connectivity index (χ4n) is 8.47. The standard InChI is InChI=1S/C59H108N2O12S/c1-17-21-29-54(5,6)38-47(62)26-33-58(13,43-71-50(65)39-55(7,8)30-22-18-2)42-69-48(63)27-35-61(53(68)74-37-25-34-60(15)16)36-28-49(64)70-44-59(14,45-72-51(66)40-56(9,10)31-23-19-3)46-73-52(67)41-57(11,12)32-24-20-4/h17-46H2,1-16H3. The molecule has 0 aliphatic carbocycles. The van der Waals surface area contributed by atoms with Crippen LogP contribution in [0, 0.1) is 32.5 Å². The largest absolute Gasteiger partial charge is 0.465 e. The second-order valence-electron chi connectivity index (χ2n) is 25.5. The summed E-state index contributed by atoms with van der Waals surface area (Å²) in [6.45, 7) is 28.6. The van der Waals surface area contributed by atoms with Crippen LogP contribution < -0.4 is 0 Å². The van der Waals surface area contributed by atoms with Crippen molar-refractivity contribution in [3.63, 3.8) is 0 Å². The molecule has 15 heteroatoms. The molecule has 0 fully saturated rings. The maximum atomic E-state index is 13.7. The van der Waals surface area contributed by atoms with Crippen LogP contribution in [-0.2, 0) is 52.5 Å². The van der Waals surface area contributed by atoms with Gasteiger partial charge in [0.15, 0.2) is 0 Å². The van der Waals surface area contributed by atoms with E-state index in [0.29, 0.717) is 18.6 Å². The summed E-state index contributed by atoms with van der Waals surface area (Å²) < 4.78 is 29.0. The Labute approximate surface area is 454 Å². The molecule has 0 saturated carbocycles. The maximum Gasteiger partial charge on any atom is 0.307 e. The van der Waals surface area contributed by atoms with Gasteiger partial charge in [0.2, 0.25) is 0 Å². The minimum Gasteiger partial charge on any atom is -0.465 e. The molecule has 0 aromatic rings. The van der Waals surface area contributed by atoms with E-state index in [1.807, 2.05) is 53.6 Å². The molecule has 0 heterocycles. The molecular formula is C59H108N2O12S. The molecule has 0 spiro atoms. The highest BCUT2D eigenvalue weighted by atomic mass is 32.2. The smallest absolute Gasteiger partial charge is 0.307 e. The maximum absolute atomic E-state index is 13.7. The molecule has 0 saturated heterocycles. The van der Waals surface area contributed by atoms with Crippen molar-refractivity contribution in [2.24, 2.45) is 32.5 Å². The van der Waals surface area contributed by atoms with E-state index in [1.54, 1.807) is 6.92 Å². The number of nitrogens with zero attached hydrogens (tertiary/aromatic N) is 2. The average molecular weight is 1070 g/mol. The lowest BCUT2D eigenvalue weighted by molar-refractivity contribution is -0.162. The van der Waals surface area contributed by atoms with Gasteiger partial charge in [-0.25, -0.2) is 0 Å². The second kappa shape index (κ2) is 36.0. The van der Waals surface area contributed by atoms with Gasteiger partial charge in [-0.15, -0.1) is 0 Å². The molecule has 14 nitrogen and oxygen atoms in total. The van der Waals surface area contributed by atoms with E-state index in [0.717, 1.165) is 102 Å². The van der Waals surface area contributed by atoms with Crippen LogP contribution >= 0.6 is 11.8 Å². The summed E-state index contributed by atoms with van der Waals surface area (Å²) in [6, 6.07) is 0. The van der Waals surface area contributed by atoms with Gasteiger partial charge in [-0.3, -0.25) is 33.6 Å². The number of amides is 1. The molecule has 0 aromatic carbocycles. The summed E-state index contributed by atoms with van der Waals surface area (Å²) in [6.07, 6.45) is 13.8. The monoisotopic (exact) mass is 1070 g/mol. The number of ketones is 1. The Kier molecular flexibility index (Phi) is 34.4. The fourth-order valence-corrected chi connectivity index (χ4v) is 9.28. The zero-order chi connectivity index (χ0) is 56.7. The first-order chi connectivity index (χ1) is 34.3. The van der Waals surface area contributed by atoms with Crippen molar-refractivity contribution in [2.45, 2.75) is 232 Å². The first kappa shape index (κ1) is 70.8. The number of hydrogen-bond acceptors (Lipinski definition) is 14. The first-order valence-electron chi connectivity index (χ1n) is 28.2. The third-order valence-corrected chi connectivity index (χ3v) is 14.7. The Hall–Kier alpha value is -3.20. The summed E-state index contributed by atoms with van der Waals surface area (Å²) in [4.78, 5) is 96.8. The van der Waals surface area contributed by atoms with Crippen LogP contribution in [0.1, 0.15) is 232 Å². The van der Waals surface area contributed by atoms with Crippen molar-refractivity contribution in [1.29, 1.82) is 0 Å². The number of ether oxygens (including phenoxy) is 5. The third-order valence-electron chi connectivity index (χ3n) is 13.7. The van der Waals surface area contributed by atoms with Crippen molar-refractivity contribution in [2.75, 3.05) is 72.5 Å². The lowest BCUT2D eigenvalue weighted by Crippen LogP contribution is -2.38. The van der Waals surface area contributed by atoms with Gasteiger partial charge < -0.3 is 33.5 Å². The topological polar surface area (TPSA) is 172 Å². The predicted molar refractivity (Wildman–Crippen MR) is 299 cm³/mol. The van der Waals surface area contributed by atoms with Crippen molar-refractivity contribution in [3.05, 3.63) is 0 Å². The van der Waals surface area contributed by atoms with Gasteiger partial charge >= 0.3 is 29.8 Å². The Morgan fingerprint density at radius 1 is 0.392 bits per heavy atom. The van der Waals surface area contributed by atoms with E-state index in [2.05, 4.69) is 55.4 Å². The van der Waals surface area contributed by atoms with Crippen LogP contribution in [0.4, 0.5) is 4.79 Å². The zero-order valence-corrected chi connectivity index (χ0v) is 50.7. The van der Waals surface area contributed by atoms with Gasteiger partial charge in [-0.05, 0) is 87.7 Å². The number of carbonyl (C=O) groups is 7. The van der Waals surface area contributed by atoms with Crippen LogP contribution in [0.5, 0.6) is 0 Å². The molecule has 0 radical (unpaired) electrons. The Balaban J connectivity index is 6.15. The van der Waals surface area contributed by atoms with Crippen LogP contribution in [0.15, 0.2) is 0 Å². The summed E-state index contributed by atoms with van der Waals surface area (Å²) in [5.41, 5.74) is -2.78. The third kappa shape index (κ3) is 35.9. The summed E-state index contributed by atoms with van der Waals surface area (Å²) in [5.74, 6) is -1.65. The van der Waals surface area contributed by atoms with E-state index in [1.165, 1.54) is 4.90 Å². The molecule has 0 aliphatic rings. The van der Waals surface area contributed by atoms with E-state index in [4.69, 9.17) is 23.7 Å². The van der Waals surface area contributed by atoms with Crippen molar-refractivity contribution in [1.82, 2.24) is 9.80 Å². The summed E-state index contributed by atoms with van der Waals surface area (Å²) in [5, 5.41) is -0.296. The van der Waals surface area contributed by atoms with E-state index >= 15 is 0 Å². The van der Waals surface area contributed by atoms with Crippen molar-refractivity contribution < 1.29 is 57.2 Å². The molecule has 432 valence electrons. The minimum atomic E-state index is -1.06.